The lowest BCUT2D eigenvalue weighted by Crippen LogP contribution is -2.09. The van der Waals surface area contributed by atoms with Crippen LogP contribution in [0.5, 0.6) is 5.75 Å². The van der Waals surface area contributed by atoms with Crippen molar-refractivity contribution in [2.24, 2.45) is 0 Å². The zero-order valence-corrected chi connectivity index (χ0v) is 14.0. The quantitative estimate of drug-likeness (QED) is 0.710. The molecule has 0 aliphatic carbocycles. The van der Waals surface area contributed by atoms with E-state index in [0.717, 1.165) is 35.3 Å². The first kappa shape index (κ1) is 17.0. The number of carbonyl (C=O) groups excluding carboxylic acids is 1. The van der Waals surface area contributed by atoms with E-state index in [1.807, 2.05) is 30.3 Å². The zero-order valence-electron chi connectivity index (χ0n) is 14.0. The van der Waals surface area contributed by atoms with Gasteiger partial charge in [0.1, 0.15) is 11.5 Å². The third-order valence-electron chi connectivity index (χ3n) is 3.96. The Bertz CT molecular complexity index is 686. The molecule has 2 aromatic rings. The summed E-state index contributed by atoms with van der Waals surface area (Å²) in [5.41, 5.74) is 4.33. The van der Waals surface area contributed by atoms with E-state index in [1.54, 1.807) is 13.2 Å². The number of hydrogen-bond donors (Lipinski definition) is 0. The molecule has 0 saturated carbocycles. The molecule has 0 radical (unpaired) electrons. The molecule has 2 aromatic carbocycles. The van der Waals surface area contributed by atoms with E-state index in [1.165, 1.54) is 5.56 Å². The van der Waals surface area contributed by atoms with E-state index < -0.39 is 0 Å². The lowest BCUT2D eigenvalue weighted by Gasteiger charge is -2.11. The smallest absolute Gasteiger partial charge is 0.141 e. The van der Waals surface area contributed by atoms with Crippen molar-refractivity contribution in [3.63, 3.8) is 0 Å². The van der Waals surface area contributed by atoms with Gasteiger partial charge in [-0.3, -0.25) is 4.79 Å². The van der Waals surface area contributed by atoms with E-state index in [9.17, 15) is 4.79 Å². The summed E-state index contributed by atoms with van der Waals surface area (Å²) in [5.74, 6) is 0.954. The van der Waals surface area contributed by atoms with Crippen LogP contribution in [0.4, 0.5) is 0 Å². The van der Waals surface area contributed by atoms with Crippen LogP contribution in [0.2, 0.25) is 0 Å². The van der Waals surface area contributed by atoms with Crippen molar-refractivity contribution in [3.05, 3.63) is 71.3 Å². The molecule has 0 spiro atoms. The number of carbonyl (C=O) groups is 1. The van der Waals surface area contributed by atoms with Gasteiger partial charge in [0, 0.05) is 18.4 Å². The molecule has 0 amide bonds. The number of benzene rings is 2. The third-order valence-corrected chi connectivity index (χ3v) is 3.96. The molecule has 0 atom stereocenters. The molecule has 0 bridgehead atoms. The van der Waals surface area contributed by atoms with Gasteiger partial charge < -0.3 is 4.74 Å². The molecule has 0 aliphatic heterocycles. The van der Waals surface area contributed by atoms with Gasteiger partial charge in [-0.1, -0.05) is 62.4 Å². The number of rotatable bonds is 8. The highest BCUT2D eigenvalue weighted by atomic mass is 16.5. The predicted molar refractivity (Wildman–Crippen MR) is 95.9 cm³/mol. The van der Waals surface area contributed by atoms with Crippen molar-refractivity contribution >= 4 is 11.9 Å². The van der Waals surface area contributed by atoms with E-state index in [-0.39, 0.29) is 5.78 Å². The van der Waals surface area contributed by atoms with Gasteiger partial charge in [0.15, 0.2) is 0 Å². The van der Waals surface area contributed by atoms with Crippen LogP contribution >= 0.6 is 0 Å². The molecule has 23 heavy (non-hydrogen) atoms. The fourth-order valence-corrected chi connectivity index (χ4v) is 2.76. The summed E-state index contributed by atoms with van der Waals surface area (Å²) in [7, 11) is 1.63. The van der Waals surface area contributed by atoms with Crippen molar-refractivity contribution in [2.75, 3.05) is 7.11 Å². The Morgan fingerprint density at radius 2 is 1.78 bits per heavy atom. The highest BCUT2D eigenvalue weighted by molar-refractivity contribution is 5.84. The first-order chi connectivity index (χ1) is 11.2. The summed E-state index contributed by atoms with van der Waals surface area (Å²) in [6.45, 7) is 5.91. The average molecular weight is 308 g/mol. The molecule has 0 N–H and O–H groups in total. The highest BCUT2D eigenvalue weighted by Crippen LogP contribution is 2.22. The van der Waals surface area contributed by atoms with Gasteiger partial charge in [0.05, 0.1) is 7.11 Å². The molecule has 0 aromatic heterocycles. The number of aryl methyl sites for hydroxylation is 1. The van der Waals surface area contributed by atoms with Gasteiger partial charge in [0.25, 0.3) is 0 Å². The van der Waals surface area contributed by atoms with Gasteiger partial charge in [-0.05, 0) is 29.2 Å². The summed E-state index contributed by atoms with van der Waals surface area (Å²) in [6.07, 6.45) is 4.74. The molecule has 0 fully saturated rings. The number of Topliss-reactive ketones (excluding diaryl/α,β-unsaturated/α-hetero) is 1. The standard InChI is InChI=1S/C21H24O2/c1-4-8-17-9-6-7-10-18(17)14-20(22)15-19-12-11-16(5-2)13-21(19)23-3/h5-7,9-13H,2,4,8,14-15H2,1,3H3. The Hall–Kier alpha value is -2.35. The topological polar surface area (TPSA) is 26.3 Å². The normalized spacial score (nSPS) is 10.3. The number of ketones is 1. The maximum absolute atomic E-state index is 12.5. The lowest BCUT2D eigenvalue weighted by molar-refractivity contribution is -0.117. The van der Waals surface area contributed by atoms with Gasteiger partial charge in [-0.15, -0.1) is 0 Å². The van der Waals surface area contributed by atoms with Crippen LogP contribution in [0.1, 0.15) is 35.6 Å². The number of methoxy groups -OCH3 is 1. The third kappa shape index (κ3) is 4.56. The lowest BCUT2D eigenvalue weighted by atomic mass is 9.96. The molecule has 0 saturated heterocycles. The Kier molecular flexibility index (Phi) is 6.16. The van der Waals surface area contributed by atoms with Crippen LogP contribution in [-0.2, 0) is 24.1 Å². The molecular weight excluding hydrogens is 284 g/mol. The largest absolute Gasteiger partial charge is 0.496 e. The van der Waals surface area contributed by atoms with Gasteiger partial charge in [-0.25, -0.2) is 0 Å². The van der Waals surface area contributed by atoms with Crippen LogP contribution in [-0.4, -0.2) is 12.9 Å². The van der Waals surface area contributed by atoms with E-state index in [2.05, 4.69) is 25.6 Å². The molecule has 120 valence electrons. The minimum atomic E-state index is 0.207. The zero-order chi connectivity index (χ0) is 16.7. The first-order valence-corrected chi connectivity index (χ1v) is 8.05. The van der Waals surface area contributed by atoms with Gasteiger partial charge in [0.2, 0.25) is 0 Å². The van der Waals surface area contributed by atoms with Crippen LogP contribution in [0, 0.1) is 0 Å². The molecule has 2 rings (SSSR count). The second kappa shape index (κ2) is 8.33. The Morgan fingerprint density at radius 3 is 2.43 bits per heavy atom. The fourth-order valence-electron chi connectivity index (χ4n) is 2.76. The second-order valence-corrected chi connectivity index (χ2v) is 5.69. The van der Waals surface area contributed by atoms with Crippen molar-refractivity contribution in [3.8, 4) is 5.75 Å². The maximum Gasteiger partial charge on any atom is 0.141 e. The number of ether oxygens (including phenoxy) is 1. The van der Waals surface area contributed by atoms with Crippen LogP contribution in [0.15, 0.2) is 49.0 Å². The molecule has 0 aliphatic rings. The van der Waals surface area contributed by atoms with Crippen LogP contribution < -0.4 is 4.74 Å². The average Bonchev–Trinajstić information content (AvgIpc) is 2.57. The SMILES string of the molecule is C=Cc1ccc(CC(=O)Cc2ccccc2CCC)c(OC)c1. The van der Waals surface area contributed by atoms with Crippen molar-refractivity contribution < 1.29 is 9.53 Å². The summed E-state index contributed by atoms with van der Waals surface area (Å²) in [5, 5.41) is 0. The Morgan fingerprint density at radius 1 is 1.09 bits per heavy atom. The monoisotopic (exact) mass is 308 g/mol. The molecule has 0 heterocycles. The maximum atomic E-state index is 12.5. The van der Waals surface area contributed by atoms with Crippen LogP contribution in [0.3, 0.4) is 0 Å². The van der Waals surface area contributed by atoms with Crippen molar-refractivity contribution in [2.45, 2.75) is 32.6 Å². The van der Waals surface area contributed by atoms with Crippen LogP contribution in [0.25, 0.3) is 6.08 Å². The summed E-state index contributed by atoms with van der Waals surface area (Å²) in [6, 6.07) is 14.0. The number of hydrogen-bond acceptors (Lipinski definition) is 2. The Balaban J connectivity index is 2.12. The summed E-state index contributed by atoms with van der Waals surface area (Å²) >= 11 is 0. The minimum absolute atomic E-state index is 0.207. The second-order valence-electron chi connectivity index (χ2n) is 5.69. The van der Waals surface area contributed by atoms with Gasteiger partial charge in [-0.2, -0.15) is 0 Å². The molecule has 2 heteroatoms. The summed E-state index contributed by atoms with van der Waals surface area (Å²) < 4.78 is 5.40. The molecule has 2 nitrogen and oxygen atoms in total. The van der Waals surface area contributed by atoms with Gasteiger partial charge >= 0.3 is 0 Å². The van der Waals surface area contributed by atoms with Crippen molar-refractivity contribution in [1.82, 2.24) is 0 Å². The predicted octanol–water partition coefficient (Wildman–Crippen LogP) is 4.65. The van der Waals surface area contributed by atoms with E-state index in [0.29, 0.717) is 12.8 Å². The summed E-state index contributed by atoms with van der Waals surface area (Å²) in [4.78, 5) is 12.5. The van der Waals surface area contributed by atoms with Crippen molar-refractivity contribution in [1.29, 1.82) is 0 Å². The first-order valence-electron chi connectivity index (χ1n) is 8.05. The highest BCUT2D eigenvalue weighted by Gasteiger charge is 2.12. The molecular formula is C21H24O2. The minimum Gasteiger partial charge on any atom is -0.496 e. The molecule has 0 unspecified atom stereocenters. The van der Waals surface area contributed by atoms with E-state index in [4.69, 9.17) is 4.74 Å². The Labute approximate surface area is 138 Å². The van der Waals surface area contributed by atoms with E-state index >= 15 is 0 Å². The fraction of sp³-hybridized carbons (Fsp3) is 0.286.